The van der Waals surface area contributed by atoms with E-state index in [1.165, 1.54) is 122 Å². The van der Waals surface area contributed by atoms with Crippen LogP contribution in [0.5, 0.6) is 0 Å². The van der Waals surface area contributed by atoms with Gasteiger partial charge in [-0.2, -0.15) is 0 Å². The van der Waals surface area contributed by atoms with Crippen LogP contribution in [-0.2, 0) is 4.79 Å². The molecule has 0 aliphatic carbocycles. The lowest BCUT2D eigenvalue weighted by atomic mass is 10.0. The van der Waals surface area contributed by atoms with E-state index in [0.29, 0.717) is 6.42 Å². The Labute approximate surface area is 304 Å². The number of unbranched alkanes of at least 4 members (excludes halogenated alkanes) is 22. The predicted molar refractivity (Wildman–Crippen MR) is 213 cm³/mol. The number of allylic oxidation sites excluding steroid dienone is 7. The molecule has 0 radical (unpaired) electrons. The van der Waals surface area contributed by atoms with Crippen LogP contribution < -0.4 is 5.32 Å². The van der Waals surface area contributed by atoms with E-state index in [1.54, 1.807) is 6.08 Å². The zero-order valence-electron chi connectivity index (χ0n) is 32.3. The van der Waals surface area contributed by atoms with E-state index in [2.05, 4.69) is 55.6 Å². The minimum absolute atomic E-state index is 0.00432. The van der Waals surface area contributed by atoms with Gasteiger partial charge in [-0.15, -0.1) is 0 Å². The molecule has 3 atom stereocenters. The number of carbonyl (C=O) groups is 1. The number of aliphatic hydroxyl groups excluding tert-OH is 3. The maximum Gasteiger partial charge on any atom is 0.222 e. The summed E-state index contributed by atoms with van der Waals surface area (Å²) < 4.78 is 0. The lowest BCUT2D eigenvalue weighted by Crippen LogP contribution is -2.45. The van der Waals surface area contributed by atoms with Crippen molar-refractivity contribution in [3.05, 3.63) is 48.6 Å². The molecule has 1 amide bonds. The highest BCUT2D eigenvalue weighted by molar-refractivity contribution is 5.76. The van der Waals surface area contributed by atoms with Crippen LogP contribution in [0.4, 0.5) is 0 Å². The van der Waals surface area contributed by atoms with E-state index >= 15 is 0 Å². The second kappa shape index (κ2) is 39.1. The number of hydrogen-bond donors (Lipinski definition) is 4. The average molecular weight is 688 g/mol. The van der Waals surface area contributed by atoms with Gasteiger partial charge in [-0.25, -0.2) is 0 Å². The fourth-order valence-corrected chi connectivity index (χ4v) is 6.07. The summed E-state index contributed by atoms with van der Waals surface area (Å²) in [6.45, 7) is 4.15. The molecule has 0 saturated carbocycles. The van der Waals surface area contributed by atoms with Gasteiger partial charge in [-0.1, -0.05) is 172 Å². The molecule has 0 aliphatic rings. The zero-order valence-corrected chi connectivity index (χ0v) is 32.3. The molecule has 0 spiro atoms. The minimum Gasteiger partial charge on any atom is -0.394 e. The molecule has 4 N–H and O–H groups in total. The molecule has 0 bridgehead atoms. The fraction of sp³-hybridized carbons (Fsp3) is 0.795. The standard InChI is InChI=1S/C44H81NO4/c1-3-5-7-9-11-13-15-17-18-19-20-21-22-23-24-26-27-29-31-33-35-37-41(47)39-44(49)45-42(40-46)43(48)38-36-34-32-30-28-25-16-14-12-10-8-6-4-2/h12,14,23-24,28,30,36,38,41-43,46-48H,3-11,13,15-22,25-27,29,31-35,37,39-40H2,1-2H3,(H,45,49)/b14-12+,24-23-,30-28+,38-36+. The van der Waals surface area contributed by atoms with E-state index < -0.39 is 18.2 Å². The highest BCUT2D eigenvalue weighted by atomic mass is 16.3. The van der Waals surface area contributed by atoms with Gasteiger partial charge in [-0.05, 0) is 70.6 Å². The highest BCUT2D eigenvalue weighted by Gasteiger charge is 2.20. The third-order valence-electron chi connectivity index (χ3n) is 9.32. The second-order valence-corrected chi connectivity index (χ2v) is 14.2. The molecule has 5 heteroatoms. The minimum atomic E-state index is -0.961. The van der Waals surface area contributed by atoms with Crippen molar-refractivity contribution in [2.75, 3.05) is 6.61 Å². The van der Waals surface area contributed by atoms with Gasteiger partial charge in [-0.3, -0.25) is 4.79 Å². The number of hydrogen-bond acceptors (Lipinski definition) is 4. The van der Waals surface area contributed by atoms with Crippen LogP contribution in [0.2, 0.25) is 0 Å². The Morgan fingerprint density at radius 3 is 1.35 bits per heavy atom. The van der Waals surface area contributed by atoms with Crippen molar-refractivity contribution in [2.24, 2.45) is 0 Å². The Morgan fingerprint density at radius 1 is 0.510 bits per heavy atom. The Morgan fingerprint density at radius 2 is 0.878 bits per heavy atom. The molecule has 0 aromatic rings. The molecular formula is C44H81NO4. The maximum atomic E-state index is 12.4. The van der Waals surface area contributed by atoms with Gasteiger partial charge in [0.25, 0.3) is 0 Å². The topological polar surface area (TPSA) is 89.8 Å². The van der Waals surface area contributed by atoms with E-state index in [1.807, 2.05) is 6.08 Å². The van der Waals surface area contributed by atoms with Crippen LogP contribution in [0.15, 0.2) is 48.6 Å². The molecular weight excluding hydrogens is 606 g/mol. The first-order chi connectivity index (χ1) is 24.0. The van der Waals surface area contributed by atoms with E-state index in [0.717, 1.165) is 51.4 Å². The average Bonchev–Trinajstić information content (AvgIpc) is 3.09. The van der Waals surface area contributed by atoms with Crippen molar-refractivity contribution in [2.45, 2.75) is 218 Å². The first-order valence-electron chi connectivity index (χ1n) is 20.9. The van der Waals surface area contributed by atoms with Gasteiger partial charge < -0.3 is 20.6 Å². The SMILES string of the molecule is CCCCC/C=C/CC/C=C/CC/C=C/C(O)C(CO)NC(=O)CC(O)CCCCCCC/C=C\CCCCCCCCCCCCCC. The molecule has 0 fully saturated rings. The van der Waals surface area contributed by atoms with E-state index in [9.17, 15) is 20.1 Å². The summed E-state index contributed by atoms with van der Waals surface area (Å²) in [6.07, 6.45) is 49.6. The summed E-state index contributed by atoms with van der Waals surface area (Å²) in [4.78, 5) is 12.4. The lowest BCUT2D eigenvalue weighted by molar-refractivity contribution is -0.124. The Balaban J connectivity index is 3.72. The predicted octanol–water partition coefficient (Wildman–Crippen LogP) is 11.8. The van der Waals surface area contributed by atoms with Gasteiger partial charge in [0.2, 0.25) is 5.91 Å². The summed E-state index contributed by atoms with van der Waals surface area (Å²) in [5, 5.41) is 33.1. The lowest BCUT2D eigenvalue weighted by Gasteiger charge is -2.20. The summed E-state index contributed by atoms with van der Waals surface area (Å²) in [7, 11) is 0. The van der Waals surface area contributed by atoms with Crippen molar-refractivity contribution >= 4 is 5.91 Å². The number of nitrogens with one attached hydrogen (secondary N) is 1. The maximum absolute atomic E-state index is 12.4. The van der Waals surface area contributed by atoms with E-state index in [4.69, 9.17) is 0 Å². The molecule has 0 heterocycles. The monoisotopic (exact) mass is 688 g/mol. The van der Waals surface area contributed by atoms with Crippen LogP contribution in [-0.4, -0.2) is 46.1 Å². The fourth-order valence-electron chi connectivity index (χ4n) is 6.07. The Hall–Kier alpha value is -1.69. The van der Waals surface area contributed by atoms with Crippen LogP contribution >= 0.6 is 0 Å². The second-order valence-electron chi connectivity index (χ2n) is 14.2. The highest BCUT2D eigenvalue weighted by Crippen LogP contribution is 2.14. The molecule has 49 heavy (non-hydrogen) atoms. The van der Waals surface area contributed by atoms with Crippen LogP contribution in [0.3, 0.4) is 0 Å². The first kappa shape index (κ1) is 47.3. The number of rotatable bonds is 37. The van der Waals surface area contributed by atoms with Crippen LogP contribution in [0, 0.1) is 0 Å². The van der Waals surface area contributed by atoms with Crippen LogP contribution in [0.25, 0.3) is 0 Å². The molecule has 0 aromatic carbocycles. The summed E-state index contributed by atoms with van der Waals surface area (Å²) in [5.41, 5.74) is 0. The van der Waals surface area contributed by atoms with Gasteiger partial charge in [0.05, 0.1) is 31.3 Å². The van der Waals surface area contributed by atoms with Gasteiger partial charge >= 0.3 is 0 Å². The summed E-state index contributed by atoms with van der Waals surface area (Å²) in [6, 6.07) is -0.769. The quantitative estimate of drug-likeness (QED) is 0.0386. The van der Waals surface area contributed by atoms with Crippen LogP contribution in [0.1, 0.15) is 200 Å². The molecule has 286 valence electrons. The molecule has 0 aromatic heterocycles. The summed E-state index contributed by atoms with van der Waals surface area (Å²) >= 11 is 0. The Kier molecular flexibility index (Phi) is 37.8. The van der Waals surface area contributed by atoms with Crippen molar-refractivity contribution in [3.63, 3.8) is 0 Å². The number of amides is 1. The largest absolute Gasteiger partial charge is 0.394 e. The van der Waals surface area contributed by atoms with Crippen molar-refractivity contribution < 1.29 is 20.1 Å². The third kappa shape index (κ3) is 35.9. The van der Waals surface area contributed by atoms with Crippen molar-refractivity contribution in [3.8, 4) is 0 Å². The van der Waals surface area contributed by atoms with Gasteiger partial charge in [0, 0.05) is 0 Å². The zero-order chi connectivity index (χ0) is 35.9. The smallest absolute Gasteiger partial charge is 0.222 e. The molecule has 0 rings (SSSR count). The molecule has 0 saturated heterocycles. The normalized spacial score (nSPS) is 14.1. The van der Waals surface area contributed by atoms with Crippen molar-refractivity contribution in [1.29, 1.82) is 0 Å². The van der Waals surface area contributed by atoms with Gasteiger partial charge in [0.1, 0.15) is 0 Å². The summed E-state index contributed by atoms with van der Waals surface area (Å²) in [5.74, 6) is -0.336. The number of aliphatic hydroxyl groups is 3. The number of carbonyl (C=O) groups excluding carboxylic acids is 1. The molecule has 3 unspecified atom stereocenters. The van der Waals surface area contributed by atoms with Gasteiger partial charge in [0.15, 0.2) is 0 Å². The Bertz CT molecular complexity index is 805. The van der Waals surface area contributed by atoms with Crippen molar-refractivity contribution in [1.82, 2.24) is 5.32 Å². The first-order valence-corrected chi connectivity index (χ1v) is 20.9. The molecule has 5 nitrogen and oxygen atoms in total. The third-order valence-corrected chi connectivity index (χ3v) is 9.32. The molecule has 0 aliphatic heterocycles. The van der Waals surface area contributed by atoms with E-state index in [-0.39, 0.29) is 18.9 Å².